The van der Waals surface area contributed by atoms with Crippen molar-refractivity contribution in [3.8, 4) is 0 Å². The number of carbonyl (C=O) groups excluding carboxylic acids is 1. The van der Waals surface area contributed by atoms with Crippen molar-refractivity contribution in [3.05, 3.63) is 0 Å². The van der Waals surface area contributed by atoms with Crippen LogP contribution in [0.4, 0.5) is 4.79 Å². The van der Waals surface area contributed by atoms with Crippen molar-refractivity contribution < 1.29 is 14.7 Å². The van der Waals surface area contributed by atoms with E-state index in [1.165, 1.54) is 0 Å². The molecule has 0 radical (unpaired) electrons. The first-order valence-electron chi connectivity index (χ1n) is 6.37. The number of unbranched alkanes of at least 4 members (excludes halogenated alkanes) is 1. The van der Waals surface area contributed by atoms with Crippen LogP contribution in [0.5, 0.6) is 0 Å². The number of carbonyl (C=O) groups is 2. The molecule has 0 aliphatic carbocycles. The number of rotatable bonds is 9. The van der Waals surface area contributed by atoms with Gasteiger partial charge in [-0.3, -0.25) is 4.79 Å². The van der Waals surface area contributed by atoms with Crippen LogP contribution in [0, 0.1) is 0 Å². The molecule has 0 aliphatic heterocycles. The van der Waals surface area contributed by atoms with Crippen molar-refractivity contribution in [1.82, 2.24) is 15.5 Å². The molecule has 0 atom stereocenters. The van der Waals surface area contributed by atoms with E-state index in [0.717, 1.165) is 19.4 Å². The van der Waals surface area contributed by atoms with Gasteiger partial charge in [-0.1, -0.05) is 0 Å². The lowest BCUT2D eigenvalue weighted by molar-refractivity contribution is -0.136. The summed E-state index contributed by atoms with van der Waals surface area (Å²) in [5, 5.41) is 13.6. The smallest absolute Gasteiger partial charge is 0.314 e. The molecule has 0 unspecified atom stereocenters. The van der Waals surface area contributed by atoms with Crippen molar-refractivity contribution in [1.29, 1.82) is 0 Å². The summed E-state index contributed by atoms with van der Waals surface area (Å²) in [7, 11) is 2.08. The molecular formula is C12H25N3O3. The van der Waals surface area contributed by atoms with E-state index in [9.17, 15) is 9.59 Å². The van der Waals surface area contributed by atoms with Gasteiger partial charge in [-0.05, 0) is 40.3 Å². The van der Waals surface area contributed by atoms with E-state index in [2.05, 4.69) is 36.4 Å². The molecule has 0 heterocycles. The molecule has 6 nitrogen and oxygen atoms in total. The molecule has 0 rings (SSSR count). The molecule has 0 aliphatic rings. The van der Waals surface area contributed by atoms with Crippen molar-refractivity contribution in [3.63, 3.8) is 0 Å². The topological polar surface area (TPSA) is 81.7 Å². The zero-order valence-corrected chi connectivity index (χ0v) is 11.5. The van der Waals surface area contributed by atoms with Crippen LogP contribution < -0.4 is 10.6 Å². The Bertz CT molecular complexity index is 257. The van der Waals surface area contributed by atoms with E-state index in [0.29, 0.717) is 12.6 Å². The number of carboxylic acids is 1. The Balaban J connectivity index is 3.38. The maximum absolute atomic E-state index is 11.2. The van der Waals surface area contributed by atoms with Gasteiger partial charge in [-0.2, -0.15) is 0 Å². The molecular weight excluding hydrogens is 234 g/mol. The zero-order valence-electron chi connectivity index (χ0n) is 11.5. The highest BCUT2D eigenvalue weighted by atomic mass is 16.4. The Kier molecular flexibility index (Phi) is 9.00. The minimum absolute atomic E-state index is 0.0490. The van der Waals surface area contributed by atoms with Crippen molar-refractivity contribution in [2.45, 2.75) is 39.2 Å². The minimum atomic E-state index is -0.910. The van der Waals surface area contributed by atoms with Gasteiger partial charge in [0.05, 0.1) is 6.42 Å². The number of nitrogens with zero attached hydrogens (tertiary/aromatic N) is 1. The fraction of sp³-hybridized carbons (Fsp3) is 0.833. The first-order valence-corrected chi connectivity index (χ1v) is 6.37. The quantitative estimate of drug-likeness (QED) is 0.537. The molecule has 0 aromatic carbocycles. The third kappa shape index (κ3) is 9.89. The normalized spacial score (nSPS) is 10.7. The summed E-state index contributed by atoms with van der Waals surface area (Å²) >= 11 is 0. The van der Waals surface area contributed by atoms with Gasteiger partial charge >= 0.3 is 12.0 Å². The molecule has 2 amide bonds. The largest absolute Gasteiger partial charge is 0.481 e. The van der Waals surface area contributed by atoms with Gasteiger partial charge in [-0.15, -0.1) is 0 Å². The fourth-order valence-electron chi connectivity index (χ4n) is 1.29. The van der Waals surface area contributed by atoms with Crippen LogP contribution in [0.3, 0.4) is 0 Å². The first kappa shape index (κ1) is 16.7. The Morgan fingerprint density at radius 3 is 2.33 bits per heavy atom. The van der Waals surface area contributed by atoms with E-state index in [1.54, 1.807) is 0 Å². The molecule has 18 heavy (non-hydrogen) atoms. The number of nitrogens with one attached hydrogen (secondary N) is 2. The zero-order chi connectivity index (χ0) is 14.0. The molecule has 6 heteroatoms. The summed E-state index contributed by atoms with van der Waals surface area (Å²) < 4.78 is 0. The molecule has 0 aromatic rings. The summed E-state index contributed by atoms with van der Waals surface area (Å²) in [5.41, 5.74) is 0. The number of aliphatic carboxylic acids is 1. The van der Waals surface area contributed by atoms with Crippen molar-refractivity contribution in [2.24, 2.45) is 0 Å². The average molecular weight is 259 g/mol. The number of amides is 2. The molecule has 0 aromatic heterocycles. The van der Waals surface area contributed by atoms with Crippen molar-refractivity contribution in [2.75, 3.05) is 26.7 Å². The highest BCUT2D eigenvalue weighted by Crippen LogP contribution is 1.97. The lowest BCUT2D eigenvalue weighted by Gasteiger charge is -2.20. The van der Waals surface area contributed by atoms with Crippen LogP contribution in [-0.4, -0.2) is 54.7 Å². The van der Waals surface area contributed by atoms with Crippen molar-refractivity contribution >= 4 is 12.0 Å². The van der Waals surface area contributed by atoms with Gasteiger partial charge in [-0.25, -0.2) is 4.79 Å². The lowest BCUT2D eigenvalue weighted by Crippen LogP contribution is -2.37. The molecule has 0 spiro atoms. The number of carboxylic acid groups (broad SMARTS) is 1. The first-order chi connectivity index (χ1) is 8.43. The van der Waals surface area contributed by atoms with Crippen LogP contribution >= 0.6 is 0 Å². The molecule has 0 saturated heterocycles. The predicted octanol–water partition coefficient (Wildman–Crippen LogP) is 0.881. The Morgan fingerprint density at radius 2 is 1.78 bits per heavy atom. The van der Waals surface area contributed by atoms with E-state index in [1.807, 2.05) is 0 Å². The van der Waals surface area contributed by atoms with Gasteiger partial charge in [0.2, 0.25) is 0 Å². The van der Waals surface area contributed by atoms with Crippen LogP contribution in [0.15, 0.2) is 0 Å². The second-order valence-electron chi connectivity index (χ2n) is 4.61. The Hall–Kier alpha value is -1.30. The Labute approximate surface area is 109 Å². The summed E-state index contributed by atoms with van der Waals surface area (Å²) in [6.45, 7) is 6.09. The van der Waals surface area contributed by atoms with E-state index < -0.39 is 5.97 Å². The van der Waals surface area contributed by atoms with Gasteiger partial charge < -0.3 is 20.6 Å². The lowest BCUT2D eigenvalue weighted by atomic mass is 10.2. The maximum atomic E-state index is 11.2. The summed E-state index contributed by atoms with van der Waals surface area (Å²) in [6.07, 6.45) is 1.90. The third-order valence-electron chi connectivity index (χ3n) is 2.73. The molecule has 3 N–H and O–H groups in total. The van der Waals surface area contributed by atoms with Gasteiger partial charge in [0.25, 0.3) is 0 Å². The monoisotopic (exact) mass is 259 g/mol. The SMILES string of the molecule is CC(C)N(C)CCCCNC(=O)NCCC(=O)O. The van der Waals surface area contributed by atoms with Gasteiger partial charge in [0, 0.05) is 19.1 Å². The summed E-state index contributed by atoms with van der Waals surface area (Å²) in [5.74, 6) is -0.910. The fourth-order valence-corrected chi connectivity index (χ4v) is 1.29. The summed E-state index contributed by atoms with van der Waals surface area (Å²) in [4.78, 5) is 23.7. The number of urea groups is 1. The van der Waals surface area contributed by atoms with E-state index in [4.69, 9.17) is 5.11 Å². The van der Waals surface area contributed by atoms with E-state index in [-0.39, 0.29) is 19.0 Å². The van der Waals surface area contributed by atoms with E-state index >= 15 is 0 Å². The summed E-state index contributed by atoms with van der Waals surface area (Å²) in [6, 6.07) is 0.241. The molecule has 106 valence electrons. The predicted molar refractivity (Wildman–Crippen MR) is 70.7 cm³/mol. The maximum Gasteiger partial charge on any atom is 0.314 e. The highest BCUT2D eigenvalue weighted by Gasteiger charge is 2.03. The van der Waals surface area contributed by atoms with Crippen LogP contribution in [0.1, 0.15) is 33.1 Å². The van der Waals surface area contributed by atoms with Gasteiger partial charge in [0.1, 0.15) is 0 Å². The van der Waals surface area contributed by atoms with Crippen LogP contribution in [0.2, 0.25) is 0 Å². The standard InChI is InChI=1S/C12H25N3O3/c1-10(2)15(3)9-5-4-7-13-12(18)14-8-6-11(16)17/h10H,4-9H2,1-3H3,(H,16,17)(H2,13,14,18). The second kappa shape index (κ2) is 9.70. The Morgan fingerprint density at radius 1 is 1.17 bits per heavy atom. The van der Waals surface area contributed by atoms with Gasteiger partial charge in [0.15, 0.2) is 0 Å². The number of hydrogen-bond donors (Lipinski definition) is 3. The van der Waals surface area contributed by atoms with Crippen LogP contribution in [-0.2, 0) is 4.79 Å². The molecule has 0 fully saturated rings. The molecule has 0 bridgehead atoms. The second-order valence-corrected chi connectivity index (χ2v) is 4.61. The highest BCUT2D eigenvalue weighted by molar-refractivity contribution is 5.74. The van der Waals surface area contributed by atoms with Crippen LogP contribution in [0.25, 0.3) is 0 Å². The number of hydrogen-bond acceptors (Lipinski definition) is 3. The third-order valence-corrected chi connectivity index (χ3v) is 2.73. The minimum Gasteiger partial charge on any atom is -0.481 e. The molecule has 0 saturated carbocycles. The average Bonchev–Trinajstić information content (AvgIpc) is 2.27.